The maximum atomic E-state index is 11.4. The van der Waals surface area contributed by atoms with Crippen LogP contribution in [0.4, 0.5) is 0 Å². The van der Waals surface area contributed by atoms with Gasteiger partial charge in [-0.2, -0.15) is 0 Å². The lowest BCUT2D eigenvalue weighted by atomic mass is 10.4. The molecule has 0 aliphatic carbocycles. The predicted octanol–water partition coefficient (Wildman–Crippen LogP) is 3.87. The highest BCUT2D eigenvalue weighted by Gasteiger charge is 2.33. The molecule has 0 fully saturated rings. The first-order valence-corrected chi connectivity index (χ1v) is 12.9. The number of carbonyl (C=O) groups excluding carboxylic acids is 1. The van der Waals surface area contributed by atoms with Crippen molar-refractivity contribution < 1.29 is 13.6 Å². The van der Waals surface area contributed by atoms with Gasteiger partial charge in [-0.3, -0.25) is 0 Å². The lowest BCUT2D eigenvalue weighted by Gasteiger charge is -2.33. The highest BCUT2D eigenvalue weighted by atomic mass is 28.4. The molecule has 0 spiro atoms. The SMILES string of the molecule is C=C(C)C(=O)OC[Si](C)(C)O[Si](C)(C)CCCC. The van der Waals surface area contributed by atoms with Crippen LogP contribution in [0.25, 0.3) is 0 Å². The zero-order valence-corrected chi connectivity index (χ0v) is 14.8. The van der Waals surface area contributed by atoms with Crippen LogP contribution in [0.3, 0.4) is 0 Å². The number of rotatable bonds is 8. The van der Waals surface area contributed by atoms with Crippen LogP contribution in [0.2, 0.25) is 32.2 Å². The maximum absolute atomic E-state index is 11.4. The summed E-state index contributed by atoms with van der Waals surface area (Å²) in [4.78, 5) is 11.4. The van der Waals surface area contributed by atoms with E-state index in [-0.39, 0.29) is 5.97 Å². The van der Waals surface area contributed by atoms with Crippen LogP contribution in [-0.4, -0.2) is 28.8 Å². The zero-order valence-electron chi connectivity index (χ0n) is 12.8. The molecule has 0 saturated carbocycles. The van der Waals surface area contributed by atoms with E-state index in [1.54, 1.807) is 6.92 Å². The van der Waals surface area contributed by atoms with Gasteiger partial charge in [-0.1, -0.05) is 26.3 Å². The molecule has 0 heterocycles. The average Bonchev–Trinajstić information content (AvgIpc) is 2.21. The summed E-state index contributed by atoms with van der Waals surface area (Å²) in [5.41, 5.74) is 0.447. The Labute approximate surface area is 114 Å². The molecule has 0 aromatic carbocycles. The largest absolute Gasteiger partial charge is 0.463 e. The van der Waals surface area contributed by atoms with E-state index < -0.39 is 16.6 Å². The summed E-state index contributed by atoms with van der Waals surface area (Å²) in [5, 5.41) is 0. The molecule has 0 unspecified atom stereocenters. The Morgan fingerprint density at radius 1 is 1.17 bits per heavy atom. The molecule has 0 amide bonds. The van der Waals surface area contributed by atoms with Crippen LogP contribution in [0.5, 0.6) is 0 Å². The van der Waals surface area contributed by atoms with Gasteiger partial charge in [0.2, 0.25) is 8.32 Å². The van der Waals surface area contributed by atoms with E-state index in [4.69, 9.17) is 8.85 Å². The molecule has 0 aliphatic rings. The Bertz CT molecular complexity index is 299. The first-order valence-electron chi connectivity index (χ1n) is 6.62. The van der Waals surface area contributed by atoms with Gasteiger partial charge in [-0.05, 0) is 39.2 Å². The summed E-state index contributed by atoms with van der Waals surface area (Å²) in [6, 6.07) is 1.17. The summed E-state index contributed by atoms with van der Waals surface area (Å²) >= 11 is 0. The fraction of sp³-hybridized carbons (Fsp3) is 0.769. The molecule has 0 rings (SSSR count). The van der Waals surface area contributed by atoms with Gasteiger partial charge in [0, 0.05) is 5.57 Å². The van der Waals surface area contributed by atoms with Crippen molar-refractivity contribution in [2.45, 2.75) is 58.9 Å². The Balaban J connectivity index is 4.28. The number of esters is 1. The third-order valence-electron chi connectivity index (χ3n) is 2.58. The van der Waals surface area contributed by atoms with E-state index in [0.717, 1.165) is 0 Å². The highest BCUT2D eigenvalue weighted by molar-refractivity contribution is 6.84. The fourth-order valence-corrected chi connectivity index (χ4v) is 10.1. The molecule has 18 heavy (non-hydrogen) atoms. The summed E-state index contributed by atoms with van der Waals surface area (Å²) in [6.45, 7) is 16.2. The van der Waals surface area contributed by atoms with Crippen molar-refractivity contribution in [2.24, 2.45) is 0 Å². The van der Waals surface area contributed by atoms with Gasteiger partial charge in [-0.15, -0.1) is 0 Å². The highest BCUT2D eigenvalue weighted by Crippen LogP contribution is 2.21. The van der Waals surface area contributed by atoms with Crippen molar-refractivity contribution in [3.05, 3.63) is 12.2 Å². The topological polar surface area (TPSA) is 35.5 Å². The quantitative estimate of drug-likeness (QED) is 0.386. The van der Waals surface area contributed by atoms with Gasteiger partial charge in [0.05, 0.1) is 0 Å². The van der Waals surface area contributed by atoms with Crippen molar-refractivity contribution in [2.75, 3.05) is 6.23 Å². The van der Waals surface area contributed by atoms with Crippen LogP contribution < -0.4 is 0 Å². The monoisotopic (exact) mass is 288 g/mol. The van der Waals surface area contributed by atoms with Crippen LogP contribution in [0.15, 0.2) is 12.2 Å². The second-order valence-electron chi connectivity index (χ2n) is 6.08. The van der Waals surface area contributed by atoms with Crippen LogP contribution >= 0.6 is 0 Å². The molecule has 0 radical (unpaired) electrons. The van der Waals surface area contributed by atoms with E-state index in [9.17, 15) is 4.79 Å². The molecule has 0 atom stereocenters. The predicted molar refractivity (Wildman–Crippen MR) is 81.5 cm³/mol. The number of hydrogen-bond acceptors (Lipinski definition) is 3. The summed E-state index contributed by atoms with van der Waals surface area (Å²) in [6.07, 6.45) is 2.84. The first kappa shape index (κ1) is 17.6. The van der Waals surface area contributed by atoms with Gasteiger partial charge < -0.3 is 8.85 Å². The second-order valence-corrected chi connectivity index (χ2v) is 14.7. The van der Waals surface area contributed by atoms with E-state index >= 15 is 0 Å². The lowest BCUT2D eigenvalue weighted by Crippen LogP contribution is -2.48. The third kappa shape index (κ3) is 7.84. The normalized spacial score (nSPS) is 12.3. The first-order chi connectivity index (χ1) is 8.09. The molecule has 0 aromatic rings. The van der Waals surface area contributed by atoms with Gasteiger partial charge in [0.1, 0.15) is 6.23 Å². The minimum absolute atomic E-state index is 0.313. The molecule has 5 heteroatoms. The minimum atomic E-state index is -1.92. The van der Waals surface area contributed by atoms with Crippen LogP contribution in [0.1, 0.15) is 26.7 Å². The van der Waals surface area contributed by atoms with Gasteiger partial charge in [0.15, 0.2) is 8.32 Å². The van der Waals surface area contributed by atoms with Crippen molar-refractivity contribution in [3.8, 4) is 0 Å². The van der Waals surface area contributed by atoms with Gasteiger partial charge in [-0.25, -0.2) is 4.79 Å². The number of ether oxygens (including phenoxy) is 1. The van der Waals surface area contributed by atoms with Crippen molar-refractivity contribution in [1.29, 1.82) is 0 Å². The Kier molecular flexibility index (Phi) is 7.10. The second kappa shape index (κ2) is 7.26. The fourth-order valence-electron chi connectivity index (χ4n) is 1.79. The van der Waals surface area contributed by atoms with E-state index in [1.807, 2.05) is 0 Å². The smallest absolute Gasteiger partial charge is 0.332 e. The van der Waals surface area contributed by atoms with E-state index in [1.165, 1.54) is 18.9 Å². The molecule has 3 nitrogen and oxygen atoms in total. The molecule has 0 N–H and O–H groups in total. The Morgan fingerprint density at radius 3 is 2.17 bits per heavy atom. The summed E-state index contributed by atoms with van der Waals surface area (Å²) in [7, 11) is -3.53. The van der Waals surface area contributed by atoms with Gasteiger partial charge >= 0.3 is 5.97 Å². The van der Waals surface area contributed by atoms with E-state index in [0.29, 0.717) is 11.8 Å². The van der Waals surface area contributed by atoms with E-state index in [2.05, 4.69) is 39.7 Å². The van der Waals surface area contributed by atoms with Crippen molar-refractivity contribution >= 4 is 22.6 Å². The van der Waals surface area contributed by atoms with Crippen LogP contribution in [-0.2, 0) is 13.6 Å². The lowest BCUT2D eigenvalue weighted by molar-refractivity contribution is -0.137. The molecule has 106 valence electrons. The van der Waals surface area contributed by atoms with Crippen LogP contribution in [0, 0.1) is 0 Å². The molecular formula is C13H28O3Si2. The molecule has 0 aliphatic heterocycles. The molecule has 0 saturated heterocycles. The standard InChI is InChI=1S/C13H28O3Si2/c1-8-9-10-17(4,5)16-18(6,7)11-15-13(14)12(2)3/h2,8-11H2,1,3-7H3. The van der Waals surface area contributed by atoms with Crippen molar-refractivity contribution in [3.63, 3.8) is 0 Å². The molecule has 0 aromatic heterocycles. The maximum Gasteiger partial charge on any atom is 0.332 e. The zero-order chi connectivity index (χ0) is 14.4. The van der Waals surface area contributed by atoms with Crippen molar-refractivity contribution in [1.82, 2.24) is 0 Å². The number of unbranched alkanes of at least 4 members (excludes halogenated alkanes) is 1. The minimum Gasteiger partial charge on any atom is -0.463 e. The number of carbonyl (C=O) groups is 1. The number of hydrogen-bond donors (Lipinski definition) is 0. The molecular weight excluding hydrogens is 260 g/mol. The third-order valence-corrected chi connectivity index (χ3v) is 9.40. The Morgan fingerprint density at radius 2 is 1.72 bits per heavy atom. The summed E-state index contributed by atoms with van der Waals surface area (Å²) < 4.78 is 11.6. The Hall–Kier alpha value is -0.396. The van der Waals surface area contributed by atoms with Gasteiger partial charge in [0.25, 0.3) is 0 Å². The summed E-state index contributed by atoms with van der Waals surface area (Å²) in [5.74, 6) is -0.313. The molecule has 0 bridgehead atoms. The average molecular weight is 289 g/mol.